The maximum absolute atomic E-state index is 6.68. The molecule has 0 bridgehead atoms. The average molecular weight is 857 g/mol. The molecule has 0 aliphatic rings. The van der Waals surface area contributed by atoms with Gasteiger partial charge in [0.25, 0.3) is 0 Å². The summed E-state index contributed by atoms with van der Waals surface area (Å²) in [7, 11) is 0. The smallest absolute Gasteiger partial charge is 0.139 e. The van der Waals surface area contributed by atoms with Crippen molar-refractivity contribution in [2.24, 2.45) is 0 Å². The van der Waals surface area contributed by atoms with Gasteiger partial charge in [0.1, 0.15) is 22.3 Å². The van der Waals surface area contributed by atoms with Crippen LogP contribution >= 0.6 is 0 Å². The monoisotopic (exact) mass is 856 g/mol. The fourth-order valence-corrected chi connectivity index (χ4v) is 10.9. The van der Waals surface area contributed by atoms with E-state index < -0.39 is 0 Å². The maximum Gasteiger partial charge on any atom is 0.139 e. The molecule has 0 unspecified atom stereocenters. The second kappa shape index (κ2) is 14.1. The first-order valence-electron chi connectivity index (χ1n) is 23.8. The summed E-state index contributed by atoms with van der Waals surface area (Å²) in [5.74, 6) is 1.83. The summed E-state index contributed by atoms with van der Waals surface area (Å²) < 4.78 is 18.2. The standard InChI is InChI=1S/C62H52N2O2/c1-33(2)37-11-17-55-47(23-37)48-24-38(34(3)4)12-18-56(48)63(55)45-15-9-41-27-51-53-31-54-52-28-42-10-16-46(22-44(42)30-60(52)66-62(54)32-61(53)65-59(51)29-43(41)21-45)64-57-19-13-39(35(5)6)25-49(57)50-26-40(36(7)8)14-20-58(50)64/h9-36H,1-8H3. The van der Waals surface area contributed by atoms with E-state index in [-0.39, 0.29) is 0 Å². The largest absolute Gasteiger partial charge is 0.456 e. The number of rotatable bonds is 6. The number of hydrogen-bond acceptors (Lipinski definition) is 2. The minimum absolute atomic E-state index is 0.459. The van der Waals surface area contributed by atoms with E-state index in [0.29, 0.717) is 23.7 Å². The third-order valence-electron chi connectivity index (χ3n) is 14.8. The second-order valence-corrected chi connectivity index (χ2v) is 20.2. The number of benzene rings is 9. The van der Waals surface area contributed by atoms with Crippen molar-refractivity contribution in [2.75, 3.05) is 0 Å². The van der Waals surface area contributed by atoms with Gasteiger partial charge in [-0.15, -0.1) is 0 Å². The third-order valence-corrected chi connectivity index (χ3v) is 14.8. The van der Waals surface area contributed by atoms with Crippen molar-refractivity contribution in [3.8, 4) is 11.4 Å². The minimum Gasteiger partial charge on any atom is -0.456 e. The minimum atomic E-state index is 0.459. The van der Waals surface area contributed by atoms with Crippen LogP contribution in [0.25, 0.3) is 120 Å². The van der Waals surface area contributed by atoms with Gasteiger partial charge in [-0.05, 0) is 171 Å². The van der Waals surface area contributed by atoms with Gasteiger partial charge in [0, 0.05) is 60.5 Å². The van der Waals surface area contributed by atoms with Gasteiger partial charge in [0.15, 0.2) is 0 Å². The SMILES string of the molecule is CC(C)c1ccc2c(c1)c1cc(C(C)C)ccc1n2-c1ccc2cc3c(cc2c1)oc1cc2oc4cc5cc(-n6c7ccc(C(C)C)cc7c7cc(C(C)C)ccc76)ccc5cc4c2cc13. The molecule has 13 rings (SSSR count). The van der Waals surface area contributed by atoms with Crippen LogP contribution in [0.1, 0.15) is 101 Å². The number of aromatic nitrogens is 2. The topological polar surface area (TPSA) is 36.1 Å². The summed E-state index contributed by atoms with van der Waals surface area (Å²) in [5.41, 5.74) is 16.1. The Balaban J connectivity index is 0.917. The Labute approximate surface area is 383 Å². The van der Waals surface area contributed by atoms with E-state index in [2.05, 4.69) is 210 Å². The molecule has 322 valence electrons. The molecule has 4 aromatic heterocycles. The molecule has 0 spiro atoms. The molecular formula is C62H52N2O2. The first-order chi connectivity index (χ1) is 31.9. The van der Waals surface area contributed by atoms with Gasteiger partial charge in [-0.25, -0.2) is 0 Å². The number of hydrogen-bond donors (Lipinski definition) is 0. The molecule has 0 N–H and O–H groups in total. The van der Waals surface area contributed by atoms with Crippen LogP contribution in [0.5, 0.6) is 0 Å². The highest BCUT2D eigenvalue weighted by atomic mass is 16.3. The maximum atomic E-state index is 6.68. The molecule has 13 aromatic rings. The molecule has 0 saturated carbocycles. The quantitative estimate of drug-likeness (QED) is 0.167. The van der Waals surface area contributed by atoms with Gasteiger partial charge < -0.3 is 18.0 Å². The number of nitrogens with zero attached hydrogens (tertiary/aromatic N) is 2. The van der Waals surface area contributed by atoms with Gasteiger partial charge in [-0.2, -0.15) is 0 Å². The van der Waals surface area contributed by atoms with Crippen LogP contribution in [0.2, 0.25) is 0 Å². The van der Waals surface area contributed by atoms with Gasteiger partial charge >= 0.3 is 0 Å². The molecule has 4 heterocycles. The zero-order valence-electron chi connectivity index (χ0n) is 38.9. The van der Waals surface area contributed by atoms with Crippen molar-refractivity contribution in [2.45, 2.75) is 79.1 Å². The summed E-state index contributed by atoms with van der Waals surface area (Å²) in [4.78, 5) is 0. The van der Waals surface area contributed by atoms with Crippen molar-refractivity contribution >= 4 is 109 Å². The van der Waals surface area contributed by atoms with E-state index in [1.165, 1.54) is 76.6 Å². The van der Waals surface area contributed by atoms with Crippen LogP contribution in [-0.2, 0) is 0 Å². The molecular weight excluding hydrogens is 805 g/mol. The number of fused-ring (bicyclic) bond motifs is 14. The molecule has 0 aliphatic heterocycles. The van der Waals surface area contributed by atoms with Crippen LogP contribution < -0.4 is 0 Å². The Morgan fingerprint density at radius 1 is 0.273 bits per heavy atom. The van der Waals surface area contributed by atoms with Crippen molar-refractivity contribution in [3.63, 3.8) is 0 Å². The van der Waals surface area contributed by atoms with E-state index in [4.69, 9.17) is 8.83 Å². The summed E-state index contributed by atoms with van der Waals surface area (Å²) >= 11 is 0. The Bertz CT molecular complexity index is 3780. The van der Waals surface area contributed by atoms with Crippen LogP contribution in [0.4, 0.5) is 0 Å². The molecule has 4 heteroatoms. The van der Waals surface area contributed by atoms with Crippen molar-refractivity contribution in [1.82, 2.24) is 9.13 Å². The highest BCUT2D eigenvalue weighted by molar-refractivity contribution is 6.19. The van der Waals surface area contributed by atoms with Crippen molar-refractivity contribution < 1.29 is 8.83 Å². The predicted octanol–water partition coefficient (Wildman–Crippen LogP) is 18.5. The van der Waals surface area contributed by atoms with Crippen LogP contribution in [-0.4, -0.2) is 9.13 Å². The van der Waals surface area contributed by atoms with Crippen LogP contribution in [0.3, 0.4) is 0 Å². The first-order valence-corrected chi connectivity index (χ1v) is 23.8. The van der Waals surface area contributed by atoms with Crippen LogP contribution in [0, 0.1) is 0 Å². The number of furan rings is 2. The van der Waals surface area contributed by atoms with E-state index in [9.17, 15) is 0 Å². The lowest BCUT2D eigenvalue weighted by Gasteiger charge is -2.11. The summed E-state index contributed by atoms with van der Waals surface area (Å²) in [5, 5.41) is 14.3. The van der Waals surface area contributed by atoms with Gasteiger partial charge in [0.05, 0.1) is 22.1 Å². The lowest BCUT2D eigenvalue weighted by molar-refractivity contribution is 0.656. The Hall–Kier alpha value is -7.30. The summed E-state index contributed by atoms with van der Waals surface area (Å²) in [6, 6.07) is 55.1. The normalized spacial score (nSPS) is 12.8. The Morgan fingerprint density at radius 2 is 0.591 bits per heavy atom. The molecule has 4 nitrogen and oxygen atoms in total. The zero-order valence-corrected chi connectivity index (χ0v) is 38.9. The predicted molar refractivity (Wildman–Crippen MR) is 281 cm³/mol. The Kier molecular flexibility index (Phi) is 8.35. The zero-order chi connectivity index (χ0) is 44.9. The van der Waals surface area contributed by atoms with Gasteiger partial charge in [-0.1, -0.05) is 91.8 Å². The second-order valence-electron chi connectivity index (χ2n) is 20.2. The fraction of sp³-hybridized carbons (Fsp3) is 0.194. The molecule has 0 aliphatic carbocycles. The molecule has 0 amide bonds. The Morgan fingerprint density at radius 3 is 0.924 bits per heavy atom. The van der Waals surface area contributed by atoms with Gasteiger partial charge in [0.2, 0.25) is 0 Å². The molecule has 0 atom stereocenters. The molecule has 0 radical (unpaired) electrons. The summed E-state index contributed by atoms with van der Waals surface area (Å²) in [6.07, 6.45) is 0. The molecule has 66 heavy (non-hydrogen) atoms. The van der Waals surface area contributed by atoms with E-state index in [0.717, 1.165) is 66.0 Å². The summed E-state index contributed by atoms with van der Waals surface area (Å²) in [6.45, 7) is 18.2. The third kappa shape index (κ3) is 5.76. The molecule has 0 saturated heterocycles. The van der Waals surface area contributed by atoms with E-state index in [1.807, 2.05) is 0 Å². The lowest BCUT2D eigenvalue weighted by atomic mass is 9.98. The fourth-order valence-electron chi connectivity index (χ4n) is 10.9. The average Bonchev–Trinajstić information content (AvgIpc) is 4.04. The van der Waals surface area contributed by atoms with E-state index >= 15 is 0 Å². The van der Waals surface area contributed by atoms with Crippen molar-refractivity contribution in [1.29, 1.82) is 0 Å². The van der Waals surface area contributed by atoms with Gasteiger partial charge in [-0.3, -0.25) is 0 Å². The molecule has 9 aromatic carbocycles. The first kappa shape index (κ1) is 39.1. The molecule has 0 fully saturated rings. The lowest BCUT2D eigenvalue weighted by Crippen LogP contribution is -1.95. The van der Waals surface area contributed by atoms with Crippen LogP contribution in [0.15, 0.2) is 154 Å². The highest BCUT2D eigenvalue weighted by Gasteiger charge is 2.20. The highest BCUT2D eigenvalue weighted by Crippen LogP contribution is 2.42. The van der Waals surface area contributed by atoms with Crippen molar-refractivity contribution in [3.05, 3.63) is 168 Å². The van der Waals surface area contributed by atoms with E-state index in [1.54, 1.807) is 0 Å².